The molecule has 0 aromatic heterocycles. The Morgan fingerprint density at radius 3 is 2.71 bits per heavy atom. The molecule has 0 unspecified atom stereocenters. The van der Waals surface area contributed by atoms with E-state index < -0.39 is 0 Å². The fourth-order valence-corrected chi connectivity index (χ4v) is 2.21. The maximum Gasteiger partial charge on any atom is 0.0426 e. The van der Waals surface area contributed by atoms with Crippen LogP contribution in [0.1, 0.15) is 31.2 Å². The van der Waals surface area contributed by atoms with Gasteiger partial charge in [-0.1, -0.05) is 30.5 Å². The van der Waals surface area contributed by atoms with Crippen molar-refractivity contribution in [1.29, 1.82) is 0 Å². The third-order valence-corrected chi connectivity index (χ3v) is 3.15. The number of hydrogen-bond donors (Lipinski definition) is 1. The van der Waals surface area contributed by atoms with Gasteiger partial charge in [-0.25, -0.2) is 0 Å². The van der Waals surface area contributed by atoms with Crippen molar-refractivity contribution in [2.24, 2.45) is 0 Å². The van der Waals surface area contributed by atoms with Gasteiger partial charge >= 0.3 is 0 Å². The molecule has 1 fully saturated rings. The van der Waals surface area contributed by atoms with Crippen LogP contribution in [0.25, 0.3) is 0 Å². The average Bonchev–Trinajstić information content (AvgIpc) is 2.64. The predicted molar refractivity (Wildman–Crippen MR) is 62.1 cm³/mol. The molecule has 2 heteroatoms. The molecule has 0 heterocycles. The highest BCUT2D eigenvalue weighted by Gasteiger charge is 2.15. The Kier molecular flexibility index (Phi) is 2.97. The second-order valence-corrected chi connectivity index (χ2v) is 4.52. The van der Waals surface area contributed by atoms with Crippen molar-refractivity contribution in [1.82, 2.24) is 0 Å². The highest BCUT2D eigenvalue weighted by Crippen LogP contribution is 2.26. The van der Waals surface area contributed by atoms with E-state index in [4.69, 9.17) is 11.6 Å². The van der Waals surface area contributed by atoms with E-state index in [1.165, 1.54) is 36.9 Å². The minimum Gasteiger partial charge on any atom is -0.382 e. The van der Waals surface area contributed by atoms with Gasteiger partial charge in [0, 0.05) is 16.8 Å². The zero-order valence-electron chi connectivity index (χ0n) is 8.52. The highest BCUT2D eigenvalue weighted by molar-refractivity contribution is 6.30. The van der Waals surface area contributed by atoms with Gasteiger partial charge in [0.15, 0.2) is 0 Å². The van der Waals surface area contributed by atoms with Gasteiger partial charge in [-0.15, -0.1) is 0 Å². The van der Waals surface area contributed by atoms with Crippen LogP contribution in [0.4, 0.5) is 5.69 Å². The summed E-state index contributed by atoms with van der Waals surface area (Å²) in [7, 11) is 0. The summed E-state index contributed by atoms with van der Waals surface area (Å²) in [5, 5.41) is 4.38. The molecule has 1 aromatic rings. The lowest BCUT2D eigenvalue weighted by Gasteiger charge is -2.15. The van der Waals surface area contributed by atoms with Gasteiger partial charge < -0.3 is 5.32 Å². The molecule has 1 aliphatic carbocycles. The summed E-state index contributed by atoms with van der Waals surface area (Å²) in [6.07, 6.45) is 5.31. The third kappa shape index (κ3) is 2.21. The molecule has 14 heavy (non-hydrogen) atoms. The van der Waals surface area contributed by atoms with E-state index in [1.54, 1.807) is 0 Å². The van der Waals surface area contributed by atoms with Crippen molar-refractivity contribution < 1.29 is 0 Å². The van der Waals surface area contributed by atoms with Gasteiger partial charge in [0.05, 0.1) is 0 Å². The summed E-state index contributed by atoms with van der Waals surface area (Å²) in [6.45, 7) is 2.12. The summed E-state index contributed by atoms with van der Waals surface area (Å²) in [6, 6.07) is 6.69. The summed E-state index contributed by atoms with van der Waals surface area (Å²) in [5.41, 5.74) is 2.48. The van der Waals surface area contributed by atoms with Crippen LogP contribution in [0.2, 0.25) is 5.02 Å². The van der Waals surface area contributed by atoms with Crippen LogP contribution in [0, 0.1) is 6.92 Å². The van der Waals surface area contributed by atoms with E-state index in [1.807, 2.05) is 12.1 Å². The quantitative estimate of drug-likeness (QED) is 0.777. The zero-order valence-corrected chi connectivity index (χ0v) is 9.27. The molecule has 1 nitrogen and oxygen atoms in total. The van der Waals surface area contributed by atoms with Crippen LogP contribution in [0.3, 0.4) is 0 Å². The molecule has 1 aliphatic rings. The first-order chi connectivity index (χ1) is 6.75. The fraction of sp³-hybridized carbons (Fsp3) is 0.500. The molecule has 1 N–H and O–H groups in total. The predicted octanol–water partition coefficient (Wildman–Crippen LogP) is 4.00. The van der Waals surface area contributed by atoms with Crippen LogP contribution in [-0.4, -0.2) is 6.04 Å². The minimum absolute atomic E-state index is 0.659. The van der Waals surface area contributed by atoms with Crippen LogP contribution in [0.5, 0.6) is 0 Å². The van der Waals surface area contributed by atoms with E-state index >= 15 is 0 Å². The number of nitrogens with one attached hydrogen (secondary N) is 1. The molecule has 0 atom stereocenters. The topological polar surface area (TPSA) is 12.0 Å². The van der Waals surface area contributed by atoms with Crippen molar-refractivity contribution in [2.75, 3.05) is 5.32 Å². The lowest BCUT2D eigenvalue weighted by molar-refractivity contribution is 0.754. The largest absolute Gasteiger partial charge is 0.382 e. The molecular weight excluding hydrogens is 194 g/mol. The van der Waals surface area contributed by atoms with Crippen LogP contribution in [0.15, 0.2) is 18.2 Å². The van der Waals surface area contributed by atoms with Crippen LogP contribution >= 0.6 is 11.6 Å². The normalized spacial score (nSPS) is 17.3. The number of aryl methyl sites for hydroxylation is 1. The lowest BCUT2D eigenvalue weighted by Crippen LogP contribution is -2.15. The number of halogens is 1. The number of hydrogen-bond acceptors (Lipinski definition) is 1. The molecule has 2 rings (SSSR count). The lowest BCUT2D eigenvalue weighted by atomic mass is 10.1. The molecule has 0 radical (unpaired) electrons. The Bertz CT molecular complexity index is 316. The van der Waals surface area contributed by atoms with Gasteiger partial charge in [0.1, 0.15) is 0 Å². The third-order valence-electron chi connectivity index (χ3n) is 2.91. The highest BCUT2D eigenvalue weighted by atomic mass is 35.5. The molecule has 1 saturated carbocycles. The van der Waals surface area contributed by atoms with E-state index in [-0.39, 0.29) is 0 Å². The number of anilines is 1. The van der Waals surface area contributed by atoms with Crippen molar-refractivity contribution >= 4 is 17.3 Å². The van der Waals surface area contributed by atoms with E-state index in [9.17, 15) is 0 Å². The Morgan fingerprint density at radius 1 is 1.29 bits per heavy atom. The Labute approximate surface area is 90.5 Å². The Morgan fingerprint density at radius 2 is 2.00 bits per heavy atom. The number of rotatable bonds is 2. The van der Waals surface area contributed by atoms with E-state index in [0.717, 1.165) is 5.02 Å². The summed E-state index contributed by atoms with van der Waals surface area (Å²) in [4.78, 5) is 0. The SMILES string of the molecule is Cc1ccc(Cl)cc1NC1CCCC1. The van der Waals surface area contributed by atoms with E-state index in [2.05, 4.69) is 18.3 Å². The molecule has 0 amide bonds. The molecule has 0 bridgehead atoms. The average molecular weight is 210 g/mol. The first kappa shape index (κ1) is 9.85. The van der Waals surface area contributed by atoms with E-state index in [0.29, 0.717) is 6.04 Å². The fourth-order valence-electron chi connectivity index (χ4n) is 2.04. The first-order valence-electron chi connectivity index (χ1n) is 5.28. The van der Waals surface area contributed by atoms with Crippen molar-refractivity contribution in [3.8, 4) is 0 Å². The minimum atomic E-state index is 0.659. The maximum atomic E-state index is 5.96. The van der Waals surface area contributed by atoms with Crippen molar-refractivity contribution in [2.45, 2.75) is 38.6 Å². The molecule has 76 valence electrons. The van der Waals surface area contributed by atoms with Gasteiger partial charge in [0.2, 0.25) is 0 Å². The van der Waals surface area contributed by atoms with Crippen molar-refractivity contribution in [3.63, 3.8) is 0 Å². The standard InChI is InChI=1S/C12H16ClN/c1-9-6-7-10(13)8-12(9)14-11-4-2-3-5-11/h6-8,11,14H,2-5H2,1H3. The Balaban J connectivity index is 2.10. The van der Waals surface area contributed by atoms with Crippen LogP contribution in [-0.2, 0) is 0 Å². The Hall–Kier alpha value is -0.690. The monoisotopic (exact) mass is 209 g/mol. The molecule has 1 aromatic carbocycles. The second kappa shape index (κ2) is 4.22. The molecular formula is C12H16ClN. The van der Waals surface area contributed by atoms with Gasteiger partial charge in [-0.05, 0) is 37.5 Å². The van der Waals surface area contributed by atoms with Crippen LogP contribution < -0.4 is 5.32 Å². The summed E-state index contributed by atoms with van der Waals surface area (Å²) in [5.74, 6) is 0. The maximum absolute atomic E-state index is 5.96. The van der Waals surface area contributed by atoms with Gasteiger partial charge in [0.25, 0.3) is 0 Å². The van der Waals surface area contributed by atoms with Gasteiger partial charge in [-0.2, -0.15) is 0 Å². The van der Waals surface area contributed by atoms with Crippen molar-refractivity contribution in [3.05, 3.63) is 28.8 Å². The smallest absolute Gasteiger partial charge is 0.0426 e. The zero-order chi connectivity index (χ0) is 9.97. The molecule has 0 saturated heterocycles. The van der Waals surface area contributed by atoms with Gasteiger partial charge in [-0.3, -0.25) is 0 Å². The summed E-state index contributed by atoms with van der Waals surface area (Å²) < 4.78 is 0. The second-order valence-electron chi connectivity index (χ2n) is 4.08. The first-order valence-corrected chi connectivity index (χ1v) is 5.66. The molecule has 0 spiro atoms. The number of benzene rings is 1. The molecule has 0 aliphatic heterocycles. The summed E-state index contributed by atoms with van der Waals surface area (Å²) >= 11 is 5.96.